The Balaban J connectivity index is 1.77. The number of nitrogens with zero attached hydrogens (tertiary/aromatic N) is 3. The first-order valence-corrected chi connectivity index (χ1v) is 10.0. The zero-order valence-electron chi connectivity index (χ0n) is 14.5. The zero-order valence-corrected chi connectivity index (χ0v) is 16.7. The van der Waals surface area contributed by atoms with E-state index in [9.17, 15) is 4.79 Å². The molecule has 5 rings (SSSR count). The maximum absolute atomic E-state index is 11.8. The number of carbonyl (C=O) groups is 1. The molecular formula is C21H17IN4O. The minimum atomic E-state index is -0.521. The van der Waals surface area contributed by atoms with Crippen LogP contribution in [0.1, 0.15) is 51.6 Å². The fourth-order valence-electron chi connectivity index (χ4n) is 3.68. The van der Waals surface area contributed by atoms with Crippen LogP contribution >= 0.6 is 22.6 Å². The molecule has 1 fully saturated rings. The first-order valence-electron chi connectivity index (χ1n) is 8.93. The molecule has 1 amide bonds. The third-order valence-corrected chi connectivity index (χ3v) is 6.14. The first kappa shape index (κ1) is 16.7. The number of aliphatic imine (C=N–C) groups is 1. The summed E-state index contributed by atoms with van der Waals surface area (Å²) in [5.74, 6) is 0.130. The Hall–Kier alpha value is -2.48. The molecule has 2 aromatic carbocycles. The van der Waals surface area contributed by atoms with Gasteiger partial charge >= 0.3 is 0 Å². The van der Waals surface area contributed by atoms with Gasteiger partial charge in [0.05, 0.1) is 23.6 Å². The van der Waals surface area contributed by atoms with Gasteiger partial charge in [0.2, 0.25) is 0 Å². The highest BCUT2D eigenvalue weighted by Crippen LogP contribution is 2.41. The molecule has 0 bridgehead atoms. The summed E-state index contributed by atoms with van der Waals surface area (Å²) >= 11 is 2.35. The highest BCUT2D eigenvalue weighted by molar-refractivity contribution is 14.1. The highest BCUT2D eigenvalue weighted by Gasteiger charge is 2.28. The summed E-state index contributed by atoms with van der Waals surface area (Å²) in [6.07, 6.45) is 4.17. The van der Waals surface area contributed by atoms with Gasteiger partial charge in [-0.1, -0.05) is 24.3 Å². The number of primary amides is 1. The SMILES string of the molecule is NC(=O)c1ncn2c1CN=C(c1ccccc1I)c1cc(C3CC3)ccc1-2. The fourth-order valence-corrected chi connectivity index (χ4v) is 4.33. The molecule has 0 spiro atoms. The molecule has 1 aromatic heterocycles. The molecular weight excluding hydrogens is 451 g/mol. The minimum absolute atomic E-state index is 0.292. The van der Waals surface area contributed by atoms with Gasteiger partial charge in [-0.15, -0.1) is 0 Å². The number of nitrogens with two attached hydrogens (primary N) is 1. The second-order valence-corrected chi connectivity index (χ2v) is 8.13. The third kappa shape index (κ3) is 2.79. The van der Waals surface area contributed by atoms with Crippen LogP contribution in [0, 0.1) is 3.57 Å². The van der Waals surface area contributed by atoms with Crippen molar-refractivity contribution in [2.75, 3.05) is 0 Å². The molecule has 27 heavy (non-hydrogen) atoms. The van der Waals surface area contributed by atoms with Crippen molar-refractivity contribution in [3.63, 3.8) is 0 Å². The number of rotatable bonds is 3. The van der Waals surface area contributed by atoms with E-state index in [1.165, 1.54) is 18.4 Å². The van der Waals surface area contributed by atoms with Crippen molar-refractivity contribution < 1.29 is 4.79 Å². The maximum Gasteiger partial charge on any atom is 0.269 e. The lowest BCUT2D eigenvalue weighted by atomic mass is 9.97. The number of fused-ring (bicyclic) bond motifs is 3. The maximum atomic E-state index is 11.8. The molecule has 2 heterocycles. The van der Waals surface area contributed by atoms with Crippen molar-refractivity contribution in [3.8, 4) is 5.69 Å². The number of aromatic nitrogens is 2. The standard InChI is InChI=1S/C21H17IN4O/c22-16-4-2-1-3-14(16)19-15-9-13(12-5-6-12)7-8-17(15)26-11-25-20(21(23)27)18(26)10-24-19/h1-4,7-9,11-12H,5-6,10H2,(H2,23,27). The molecule has 1 saturated carbocycles. The van der Waals surface area contributed by atoms with E-state index in [0.29, 0.717) is 18.2 Å². The van der Waals surface area contributed by atoms with Crippen LogP contribution in [0.5, 0.6) is 0 Å². The predicted molar refractivity (Wildman–Crippen MR) is 113 cm³/mol. The van der Waals surface area contributed by atoms with Gasteiger partial charge in [0.25, 0.3) is 5.91 Å². The van der Waals surface area contributed by atoms with E-state index in [0.717, 1.165) is 31.8 Å². The van der Waals surface area contributed by atoms with Gasteiger partial charge in [-0.25, -0.2) is 4.98 Å². The van der Waals surface area contributed by atoms with Crippen LogP contribution in [-0.4, -0.2) is 21.2 Å². The number of benzene rings is 2. The lowest BCUT2D eigenvalue weighted by molar-refractivity contribution is 0.0995. The molecule has 1 aliphatic heterocycles. The smallest absolute Gasteiger partial charge is 0.269 e. The number of hydrogen-bond acceptors (Lipinski definition) is 3. The number of imidazole rings is 1. The summed E-state index contributed by atoms with van der Waals surface area (Å²) in [7, 11) is 0. The molecule has 5 nitrogen and oxygen atoms in total. The number of carbonyl (C=O) groups excluding carboxylic acids is 1. The van der Waals surface area contributed by atoms with Crippen molar-refractivity contribution >= 4 is 34.2 Å². The highest BCUT2D eigenvalue weighted by atomic mass is 127. The molecule has 0 radical (unpaired) electrons. The normalized spacial score (nSPS) is 15.5. The Bertz CT molecular complexity index is 1110. The molecule has 1 aliphatic carbocycles. The van der Waals surface area contributed by atoms with Crippen molar-refractivity contribution in [2.24, 2.45) is 10.7 Å². The van der Waals surface area contributed by atoms with Gasteiger partial charge in [-0.2, -0.15) is 0 Å². The summed E-state index contributed by atoms with van der Waals surface area (Å²) in [6.45, 7) is 0.367. The van der Waals surface area contributed by atoms with Crippen LogP contribution in [-0.2, 0) is 6.54 Å². The van der Waals surface area contributed by atoms with Crippen LogP contribution in [0.4, 0.5) is 0 Å². The lowest BCUT2D eigenvalue weighted by Gasteiger charge is -2.14. The zero-order chi connectivity index (χ0) is 18.5. The molecule has 2 aliphatic rings. The van der Waals surface area contributed by atoms with E-state index in [-0.39, 0.29) is 0 Å². The summed E-state index contributed by atoms with van der Waals surface area (Å²) in [6, 6.07) is 14.8. The van der Waals surface area contributed by atoms with E-state index in [2.05, 4.69) is 57.9 Å². The van der Waals surface area contributed by atoms with Crippen LogP contribution in [0.2, 0.25) is 0 Å². The van der Waals surface area contributed by atoms with Crippen molar-refractivity contribution in [2.45, 2.75) is 25.3 Å². The van der Waals surface area contributed by atoms with Crippen LogP contribution in [0.15, 0.2) is 53.8 Å². The van der Waals surface area contributed by atoms with Gasteiger partial charge in [0.1, 0.15) is 6.33 Å². The predicted octanol–water partition coefficient (Wildman–Crippen LogP) is 3.80. The summed E-state index contributed by atoms with van der Waals surface area (Å²) < 4.78 is 3.11. The van der Waals surface area contributed by atoms with Crippen LogP contribution in [0.25, 0.3) is 5.69 Å². The van der Waals surface area contributed by atoms with Gasteiger partial charge in [0, 0.05) is 14.7 Å². The molecule has 134 valence electrons. The number of amides is 1. The number of halogens is 1. The largest absolute Gasteiger partial charge is 0.364 e. The Morgan fingerprint density at radius 2 is 1.96 bits per heavy atom. The minimum Gasteiger partial charge on any atom is -0.364 e. The summed E-state index contributed by atoms with van der Waals surface area (Å²) in [5, 5.41) is 0. The third-order valence-electron chi connectivity index (χ3n) is 5.20. The monoisotopic (exact) mass is 468 g/mol. The fraction of sp³-hybridized carbons (Fsp3) is 0.190. The van der Waals surface area contributed by atoms with E-state index < -0.39 is 5.91 Å². The quantitative estimate of drug-likeness (QED) is 0.594. The second kappa shape index (κ2) is 6.30. The molecule has 0 saturated heterocycles. The van der Waals surface area contributed by atoms with Crippen molar-refractivity contribution in [1.29, 1.82) is 0 Å². The summed E-state index contributed by atoms with van der Waals surface area (Å²) in [5.41, 5.74) is 12.0. The van der Waals surface area contributed by atoms with Crippen LogP contribution in [0.3, 0.4) is 0 Å². The average Bonchev–Trinajstić information content (AvgIpc) is 3.45. The lowest BCUT2D eigenvalue weighted by Crippen LogP contribution is -2.14. The average molecular weight is 468 g/mol. The van der Waals surface area contributed by atoms with Crippen LogP contribution < -0.4 is 5.73 Å². The molecule has 0 unspecified atom stereocenters. The van der Waals surface area contributed by atoms with E-state index in [4.69, 9.17) is 10.7 Å². The van der Waals surface area contributed by atoms with Gasteiger partial charge in [-0.3, -0.25) is 14.4 Å². The molecule has 2 N–H and O–H groups in total. The molecule has 0 atom stereocenters. The second-order valence-electron chi connectivity index (χ2n) is 6.97. The van der Waals surface area contributed by atoms with Crippen molar-refractivity contribution in [1.82, 2.24) is 9.55 Å². The topological polar surface area (TPSA) is 73.3 Å². The number of hydrogen-bond donors (Lipinski definition) is 1. The molecule has 3 aromatic rings. The Morgan fingerprint density at radius 1 is 1.15 bits per heavy atom. The van der Waals surface area contributed by atoms with Crippen molar-refractivity contribution in [3.05, 3.63) is 80.4 Å². The summed E-state index contributed by atoms with van der Waals surface area (Å²) in [4.78, 5) is 21.0. The Morgan fingerprint density at radius 3 is 2.70 bits per heavy atom. The van der Waals surface area contributed by atoms with Gasteiger partial charge in [0.15, 0.2) is 5.69 Å². The molecule has 6 heteroatoms. The van der Waals surface area contributed by atoms with E-state index in [1.54, 1.807) is 6.33 Å². The first-order chi connectivity index (χ1) is 13.1. The Kier molecular flexibility index (Phi) is 3.89. The van der Waals surface area contributed by atoms with E-state index in [1.807, 2.05) is 16.7 Å². The van der Waals surface area contributed by atoms with Gasteiger partial charge < -0.3 is 5.73 Å². The Labute approximate surface area is 170 Å². The van der Waals surface area contributed by atoms with Gasteiger partial charge in [-0.05, 0) is 65.1 Å². The van der Waals surface area contributed by atoms with E-state index >= 15 is 0 Å².